The number of rotatable bonds is 5. The van der Waals surface area contributed by atoms with Gasteiger partial charge in [0.15, 0.2) is 0 Å². The summed E-state index contributed by atoms with van der Waals surface area (Å²) in [7, 11) is 0. The lowest BCUT2D eigenvalue weighted by Crippen LogP contribution is -2.38. The van der Waals surface area contributed by atoms with Crippen LogP contribution in [0.2, 0.25) is 0 Å². The average Bonchev–Trinajstić information content (AvgIpc) is 3.01. The van der Waals surface area contributed by atoms with E-state index in [9.17, 15) is 9.59 Å². The third-order valence-corrected chi connectivity index (χ3v) is 4.89. The van der Waals surface area contributed by atoms with Gasteiger partial charge in [-0.15, -0.1) is 0 Å². The zero-order valence-electron chi connectivity index (χ0n) is 15.0. The first-order chi connectivity index (χ1) is 13.2. The second-order valence-corrected chi connectivity index (χ2v) is 6.88. The molecule has 1 N–H and O–H groups in total. The molecule has 1 aliphatic rings. The zero-order valence-corrected chi connectivity index (χ0v) is 15.0. The number of carbonyl (C=O) groups excluding carboxylic acids is 2. The monoisotopic (exact) mass is 359 g/mol. The van der Waals surface area contributed by atoms with Crippen molar-refractivity contribution < 1.29 is 9.59 Å². The number of hydrogen-bond donors (Lipinski definition) is 1. The summed E-state index contributed by atoms with van der Waals surface area (Å²) in [6.07, 6.45) is 2.25. The fourth-order valence-corrected chi connectivity index (χ4v) is 3.60. The van der Waals surface area contributed by atoms with Crippen molar-refractivity contribution in [2.24, 2.45) is 0 Å². The lowest BCUT2D eigenvalue weighted by Gasteiger charge is -2.18. The fraction of sp³-hybridized carbons (Fsp3) is 0.227. The highest BCUT2D eigenvalue weighted by atomic mass is 16.2. The summed E-state index contributed by atoms with van der Waals surface area (Å²) in [6.45, 7) is 1.10. The first-order valence-electron chi connectivity index (χ1n) is 9.13. The molecule has 3 aromatic rings. The minimum atomic E-state index is -0.149. The van der Waals surface area contributed by atoms with E-state index >= 15 is 0 Å². The molecule has 2 amide bonds. The second kappa shape index (κ2) is 7.58. The zero-order chi connectivity index (χ0) is 18.6. The van der Waals surface area contributed by atoms with Crippen LogP contribution in [0.25, 0.3) is 10.8 Å². The molecule has 1 unspecified atom stereocenters. The number of aromatic nitrogens is 1. The van der Waals surface area contributed by atoms with Crippen molar-refractivity contribution in [3.8, 4) is 0 Å². The SMILES string of the molecule is O=C(Cc1ccccn1)NC1CC(=O)N(Cc2cccc3ccccc23)C1. The van der Waals surface area contributed by atoms with Gasteiger partial charge in [-0.2, -0.15) is 0 Å². The van der Waals surface area contributed by atoms with Gasteiger partial charge in [0.2, 0.25) is 11.8 Å². The molecule has 0 spiro atoms. The van der Waals surface area contributed by atoms with Crippen molar-refractivity contribution in [2.45, 2.75) is 25.4 Å². The van der Waals surface area contributed by atoms with Crippen LogP contribution < -0.4 is 5.32 Å². The van der Waals surface area contributed by atoms with E-state index in [4.69, 9.17) is 0 Å². The molecule has 4 rings (SSSR count). The number of fused-ring (bicyclic) bond motifs is 1. The minimum absolute atomic E-state index is 0.0751. The van der Waals surface area contributed by atoms with E-state index in [0.29, 0.717) is 19.5 Å². The Hall–Kier alpha value is -3.21. The number of nitrogens with one attached hydrogen (secondary N) is 1. The van der Waals surface area contributed by atoms with E-state index in [1.807, 2.05) is 41.3 Å². The molecule has 2 heterocycles. The molecule has 1 aromatic heterocycles. The number of nitrogens with zero attached hydrogens (tertiary/aromatic N) is 2. The number of pyridine rings is 1. The lowest BCUT2D eigenvalue weighted by molar-refractivity contribution is -0.128. The van der Waals surface area contributed by atoms with Crippen molar-refractivity contribution in [2.75, 3.05) is 6.54 Å². The second-order valence-electron chi connectivity index (χ2n) is 6.88. The summed E-state index contributed by atoms with van der Waals surface area (Å²) in [6, 6.07) is 19.7. The molecule has 2 aromatic carbocycles. The molecular formula is C22H21N3O2. The number of hydrogen-bond acceptors (Lipinski definition) is 3. The third-order valence-electron chi connectivity index (χ3n) is 4.89. The van der Waals surface area contributed by atoms with E-state index in [2.05, 4.69) is 34.6 Å². The number of amides is 2. The fourth-order valence-electron chi connectivity index (χ4n) is 3.60. The summed E-state index contributed by atoms with van der Waals surface area (Å²) >= 11 is 0. The predicted octanol–water partition coefficient (Wildman–Crippen LogP) is 2.69. The van der Waals surface area contributed by atoms with Crippen molar-refractivity contribution in [3.63, 3.8) is 0 Å². The molecule has 0 saturated carbocycles. The Bertz CT molecular complexity index is 966. The Balaban J connectivity index is 1.39. The Morgan fingerprint density at radius 1 is 1.07 bits per heavy atom. The molecule has 1 aliphatic heterocycles. The van der Waals surface area contributed by atoms with Gasteiger partial charge in [0.25, 0.3) is 0 Å². The number of carbonyl (C=O) groups is 2. The maximum Gasteiger partial charge on any atom is 0.226 e. The van der Waals surface area contributed by atoms with Crippen LogP contribution in [-0.4, -0.2) is 34.3 Å². The first-order valence-corrected chi connectivity index (χ1v) is 9.13. The lowest BCUT2D eigenvalue weighted by atomic mass is 10.0. The highest BCUT2D eigenvalue weighted by molar-refractivity contribution is 5.87. The van der Waals surface area contributed by atoms with E-state index in [-0.39, 0.29) is 24.3 Å². The van der Waals surface area contributed by atoms with Gasteiger partial charge in [0.1, 0.15) is 0 Å². The molecule has 0 radical (unpaired) electrons. The molecule has 5 nitrogen and oxygen atoms in total. The van der Waals surface area contributed by atoms with Gasteiger partial charge in [-0.25, -0.2) is 0 Å². The smallest absolute Gasteiger partial charge is 0.226 e. The van der Waals surface area contributed by atoms with Crippen LogP contribution in [0.3, 0.4) is 0 Å². The van der Waals surface area contributed by atoms with E-state index in [1.54, 1.807) is 6.20 Å². The highest BCUT2D eigenvalue weighted by Gasteiger charge is 2.30. The predicted molar refractivity (Wildman–Crippen MR) is 104 cm³/mol. The largest absolute Gasteiger partial charge is 0.351 e. The standard InChI is InChI=1S/C22H21N3O2/c26-21(12-18-9-3-4-11-23-18)24-19-13-22(27)25(15-19)14-17-8-5-7-16-6-1-2-10-20(16)17/h1-11,19H,12-15H2,(H,24,26). The van der Waals surface area contributed by atoms with E-state index < -0.39 is 0 Å². The Labute approximate surface area is 158 Å². The Morgan fingerprint density at radius 2 is 1.89 bits per heavy atom. The van der Waals surface area contributed by atoms with Gasteiger partial charge in [-0.3, -0.25) is 14.6 Å². The minimum Gasteiger partial charge on any atom is -0.351 e. The van der Waals surface area contributed by atoms with Gasteiger partial charge in [0.05, 0.1) is 12.5 Å². The molecule has 1 saturated heterocycles. The number of benzene rings is 2. The summed E-state index contributed by atoms with van der Waals surface area (Å²) in [5, 5.41) is 5.30. The summed E-state index contributed by atoms with van der Waals surface area (Å²) < 4.78 is 0. The van der Waals surface area contributed by atoms with Crippen LogP contribution in [0.1, 0.15) is 17.7 Å². The van der Waals surface area contributed by atoms with E-state index in [1.165, 1.54) is 5.39 Å². The molecule has 1 fully saturated rings. The molecule has 5 heteroatoms. The summed E-state index contributed by atoms with van der Waals surface area (Å²) in [5.41, 5.74) is 1.86. The highest BCUT2D eigenvalue weighted by Crippen LogP contribution is 2.22. The van der Waals surface area contributed by atoms with Crippen LogP contribution in [0, 0.1) is 0 Å². The average molecular weight is 359 g/mol. The molecular weight excluding hydrogens is 338 g/mol. The molecule has 136 valence electrons. The maximum atomic E-state index is 12.4. The summed E-state index contributed by atoms with van der Waals surface area (Å²) in [5.74, 6) is -0.0235. The summed E-state index contributed by atoms with van der Waals surface area (Å²) in [4.78, 5) is 30.7. The van der Waals surface area contributed by atoms with Crippen LogP contribution in [0.5, 0.6) is 0 Å². The van der Waals surface area contributed by atoms with Gasteiger partial charge in [0, 0.05) is 31.4 Å². The Morgan fingerprint density at radius 3 is 2.74 bits per heavy atom. The first kappa shape index (κ1) is 17.2. The van der Waals surface area contributed by atoms with Gasteiger partial charge in [-0.05, 0) is 28.5 Å². The van der Waals surface area contributed by atoms with Crippen molar-refractivity contribution in [3.05, 3.63) is 78.1 Å². The van der Waals surface area contributed by atoms with Gasteiger partial charge >= 0.3 is 0 Å². The molecule has 0 aliphatic carbocycles. The van der Waals surface area contributed by atoms with Crippen molar-refractivity contribution >= 4 is 22.6 Å². The van der Waals surface area contributed by atoms with Crippen LogP contribution in [0.4, 0.5) is 0 Å². The molecule has 0 bridgehead atoms. The quantitative estimate of drug-likeness (QED) is 0.762. The normalized spacial score (nSPS) is 16.7. The van der Waals surface area contributed by atoms with Gasteiger partial charge in [-0.1, -0.05) is 48.5 Å². The van der Waals surface area contributed by atoms with E-state index in [0.717, 1.165) is 16.6 Å². The maximum absolute atomic E-state index is 12.4. The molecule has 1 atom stereocenters. The third kappa shape index (κ3) is 3.97. The molecule has 27 heavy (non-hydrogen) atoms. The Kier molecular flexibility index (Phi) is 4.83. The number of likely N-dealkylation sites (tertiary alicyclic amines) is 1. The topological polar surface area (TPSA) is 62.3 Å². The van der Waals surface area contributed by atoms with Crippen molar-refractivity contribution in [1.82, 2.24) is 15.2 Å². The van der Waals surface area contributed by atoms with Crippen LogP contribution >= 0.6 is 0 Å². The van der Waals surface area contributed by atoms with Gasteiger partial charge < -0.3 is 10.2 Å². The van der Waals surface area contributed by atoms with Crippen LogP contribution in [-0.2, 0) is 22.6 Å². The van der Waals surface area contributed by atoms with Crippen molar-refractivity contribution in [1.29, 1.82) is 0 Å². The van der Waals surface area contributed by atoms with Crippen LogP contribution in [0.15, 0.2) is 66.9 Å².